The van der Waals surface area contributed by atoms with E-state index in [4.69, 9.17) is 9.15 Å². The van der Waals surface area contributed by atoms with Crippen LogP contribution in [-0.4, -0.2) is 36.5 Å². The molecule has 1 heterocycles. The van der Waals surface area contributed by atoms with E-state index in [1.165, 1.54) is 0 Å². The fourth-order valence-corrected chi connectivity index (χ4v) is 2.01. The SMILES string of the molecule is CCOCCCNCC(C)Sc1ncco1. The first kappa shape index (κ1) is 13.5. The number of nitrogens with zero attached hydrogens (tertiary/aromatic N) is 1. The molecule has 0 spiro atoms. The fraction of sp³-hybridized carbons (Fsp3) is 0.727. The molecule has 0 fully saturated rings. The molecule has 4 nitrogen and oxygen atoms in total. The lowest BCUT2D eigenvalue weighted by molar-refractivity contribution is 0.145. The Kier molecular flexibility index (Phi) is 7.29. The van der Waals surface area contributed by atoms with Gasteiger partial charge in [-0.15, -0.1) is 0 Å². The van der Waals surface area contributed by atoms with Crippen LogP contribution in [0.3, 0.4) is 0 Å². The molecule has 1 aromatic rings. The van der Waals surface area contributed by atoms with E-state index in [0.717, 1.165) is 37.9 Å². The van der Waals surface area contributed by atoms with Crippen molar-refractivity contribution in [1.82, 2.24) is 10.3 Å². The van der Waals surface area contributed by atoms with Crippen LogP contribution in [0.15, 0.2) is 22.1 Å². The highest BCUT2D eigenvalue weighted by Crippen LogP contribution is 2.19. The Morgan fingerprint density at radius 3 is 3.19 bits per heavy atom. The van der Waals surface area contributed by atoms with Gasteiger partial charge in [0.15, 0.2) is 0 Å². The fourth-order valence-electron chi connectivity index (χ4n) is 1.23. The molecular weight excluding hydrogens is 224 g/mol. The van der Waals surface area contributed by atoms with Gasteiger partial charge in [-0.25, -0.2) is 4.98 Å². The number of hydrogen-bond donors (Lipinski definition) is 1. The van der Waals surface area contributed by atoms with Crippen LogP contribution >= 0.6 is 11.8 Å². The Bertz CT molecular complexity index is 254. The summed E-state index contributed by atoms with van der Waals surface area (Å²) in [6.45, 7) is 7.77. The molecule has 0 amide bonds. The van der Waals surface area contributed by atoms with Crippen molar-refractivity contribution in [1.29, 1.82) is 0 Å². The van der Waals surface area contributed by atoms with E-state index in [0.29, 0.717) is 5.25 Å². The second kappa shape index (κ2) is 8.61. The standard InChI is InChI=1S/C11H20N2O2S/c1-3-14-7-4-5-12-9-10(2)16-11-13-6-8-15-11/h6,8,10,12H,3-5,7,9H2,1-2H3. The molecule has 1 rings (SSSR count). The maximum absolute atomic E-state index is 5.26. The van der Waals surface area contributed by atoms with Crippen molar-refractivity contribution < 1.29 is 9.15 Å². The quantitative estimate of drug-likeness (QED) is 0.533. The summed E-state index contributed by atoms with van der Waals surface area (Å²) in [7, 11) is 0. The molecule has 1 N–H and O–H groups in total. The summed E-state index contributed by atoms with van der Waals surface area (Å²) < 4.78 is 10.4. The average molecular weight is 244 g/mol. The Morgan fingerprint density at radius 2 is 2.50 bits per heavy atom. The Hall–Kier alpha value is -0.520. The van der Waals surface area contributed by atoms with Crippen LogP contribution in [0.4, 0.5) is 0 Å². The van der Waals surface area contributed by atoms with Gasteiger partial charge in [0.05, 0.1) is 6.20 Å². The average Bonchev–Trinajstić information content (AvgIpc) is 2.76. The molecule has 0 aliphatic rings. The molecule has 0 bridgehead atoms. The predicted octanol–water partition coefficient (Wildman–Crippen LogP) is 2.17. The summed E-state index contributed by atoms with van der Waals surface area (Å²) in [6.07, 6.45) is 4.33. The van der Waals surface area contributed by atoms with E-state index in [-0.39, 0.29) is 0 Å². The molecule has 0 saturated heterocycles. The molecular formula is C11H20N2O2S. The summed E-state index contributed by atoms with van der Waals surface area (Å²) in [5.74, 6) is 0. The lowest BCUT2D eigenvalue weighted by Gasteiger charge is -2.09. The van der Waals surface area contributed by atoms with Gasteiger partial charge in [0.2, 0.25) is 0 Å². The third-order valence-electron chi connectivity index (χ3n) is 1.99. The largest absolute Gasteiger partial charge is 0.440 e. The van der Waals surface area contributed by atoms with Crippen LogP contribution in [-0.2, 0) is 4.74 Å². The van der Waals surface area contributed by atoms with Crippen LogP contribution in [0.2, 0.25) is 0 Å². The van der Waals surface area contributed by atoms with Crippen LogP contribution in [0.25, 0.3) is 0 Å². The summed E-state index contributed by atoms with van der Waals surface area (Å²) in [6, 6.07) is 0. The normalized spacial score (nSPS) is 12.9. The summed E-state index contributed by atoms with van der Waals surface area (Å²) in [4.78, 5) is 4.07. The van der Waals surface area contributed by atoms with E-state index in [1.807, 2.05) is 6.92 Å². The van der Waals surface area contributed by atoms with Crippen LogP contribution < -0.4 is 5.32 Å². The van der Waals surface area contributed by atoms with Crippen molar-refractivity contribution in [2.24, 2.45) is 0 Å². The second-order valence-corrected chi connectivity index (χ2v) is 4.87. The van der Waals surface area contributed by atoms with Crippen molar-refractivity contribution in [2.45, 2.75) is 30.7 Å². The number of rotatable bonds is 9. The van der Waals surface area contributed by atoms with E-state index in [2.05, 4.69) is 17.2 Å². The minimum Gasteiger partial charge on any atom is -0.440 e. The zero-order chi connectivity index (χ0) is 11.6. The first-order chi connectivity index (χ1) is 7.83. The molecule has 1 aromatic heterocycles. The topological polar surface area (TPSA) is 47.3 Å². The summed E-state index contributed by atoms with van der Waals surface area (Å²) in [5.41, 5.74) is 0. The Balaban J connectivity index is 1.96. The molecule has 0 aliphatic carbocycles. The van der Waals surface area contributed by atoms with Crippen molar-refractivity contribution in [2.75, 3.05) is 26.3 Å². The minimum absolute atomic E-state index is 0.464. The predicted molar refractivity (Wildman–Crippen MR) is 65.8 cm³/mol. The maximum Gasteiger partial charge on any atom is 0.255 e. The molecule has 92 valence electrons. The molecule has 1 unspecified atom stereocenters. The smallest absolute Gasteiger partial charge is 0.255 e. The zero-order valence-corrected chi connectivity index (χ0v) is 10.8. The number of nitrogens with one attached hydrogen (secondary N) is 1. The highest BCUT2D eigenvalue weighted by molar-refractivity contribution is 7.99. The summed E-state index contributed by atoms with van der Waals surface area (Å²) in [5, 5.41) is 4.59. The molecule has 0 aliphatic heterocycles. The first-order valence-electron chi connectivity index (χ1n) is 5.67. The van der Waals surface area contributed by atoms with Crippen molar-refractivity contribution in [3.63, 3.8) is 0 Å². The van der Waals surface area contributed by atoms with Gasteiger partial charge in [0, 0.05) is 25.0 Å². The van der Waals surface area contributed by atoms with Crippen LogP contribution in [0.5, 0.6) is 0 Å². The van der Waals surface area contributed by atoms with Crippen molar-refractivity contribution in [3.8, 4) is 0 Å². The van der Waals surface area contributed by atoms with Crippen LogP contribution in [0.1, 0.15) is 20.3 Å². The highest BCUT2D eigenvalue weighted by atomic mass is 32.2. The molecule has 1 atom stereocenters. The number of thioether (sulfide) groups is 1. The number of aromatic nitrogens is 1. The van der Waals surface area contributed by atoms with E-state index < -0.39 is 0 Å². The highest BCUT2D eigenvalue weighted by Gasteiger charge is 2.06. The lowest BCUT2D eigenvalue weighted by atomic mass is 10.4. The van der Waals surface area contributed by atoms with Gasteiger partial charge in [0.25, 0.3) is 5.22 Å². The Labute approximate surface area is 101 Å². The second-order valence-electron chi connectivity index (χ2n) is 3.48. The van der Waals surface area contributed by atoms with E-state index >= 15 is 0 Å². The monoisotopic (exact) mass is 244 g/mol. The third-order valence-corrected chi connectivity index (χ3v) is 2.96. The van der Waals surface area contributed by atoms with Gasteiger partial charge in [-0.1, -0.05) is 18.7 Å². The molecule has 0 radical (unpaired) electrons. The van der Waals surface area contributed by atoms with Gasteiger partial charge in [-0.05, 0) is 19.9 Å². The molecule has 5 heteroatoms. The van der Waals surface area contributed by atoms with E-state index in [9.17, 15) is 0 Å². The molecule has 16 heavy (non-hydrogen) atoms. The van der Waals surface area contributed by atoms with Gasteiger partial charge >= 0.3 is 0 Å². The Morgan fingerprint density at radius 1 is 1.62 bits per heavy atom. The first-order valence-corrected chi connectivity index (χ1v) is 6.55. The number of hydrogen-bond acceptors (Lipinski definition) is 5. The van der Waals surface area contributed by atoms with Crippen molar-refractivity contribution in [3.05, 3.63) is 12.5 Å². The summed E-state index contributed by atoms with van der Waals surface area (Å²) >= 11 is 1.65. The van der Waals surface area contributed by atoms with Crippen LogP contribution in [0, 0.1) is 0 Å². The van der Waals surface area contributed by atoms with Gasteiger partial charge in [0.1, 0.15) is 6.26 Å². The molecule has 0 aromatic carbocycles. The van der Waals surface area contributed by atoms with Gasteiger partial charge < -0.3 is 14.5 Å². The lowest BCUT2D eigenvalue weighted by Crippen LogP contribution is -2.24. The maximum atomic E-state index is 5.26. The zero-order valence-electron chi connectivity index (χ0n) is 9.94. The number of oxazole rings is 1. The third kappa shape index (κ3) is 6.15. The van der Waals surface area contributed by atoms with E-state index in [1.54, 1.807) is 24.2 Å². The number of ether oxygens (including phenoxy) is 1. The molecule has 0 saturated carbocycles. The van der Waals surface area contributed by atoms with Gasteiger partial charge in [-0.2, -0.15) is 0 Å². The van der Waals surface area contributed by atoms with Gasteiger partial charge in [-0.3, -0.25) is 0 Å². The minimum atomic E-state index is 0.464. The van der Waals surface area contributed by atoms with Crippen molar-refractivity contribution >= 4 is 11.8 Å².